The highest BCUT2D eigenvalue weighted by molar-refractivity contribution is 6.00. The standard InChI is InChI=1S/C23H26N2O2/c1-23-7-6-15-11-17-20(26)9-14(12-24)10-21(17)27-22(15)19(23)5-4-18(23)16-3-2-8-25-13-16/h2-3,6-8,11,13-14,18-19,22H,4-5,9-10,12,24H2,1H3/t14?,18-,19+,22-,23-/m1/s1. The largest absolute Gasteiger partial charge is 0.489 e. The minimum Gasteiger partial charge on any atom is -0.489 e. The van der Waals surface area contributed by atoms with Crippen LogP contribution < -0.4 is 5.73 Å². The molecule has 1 saturated carbocycles. The normalized spacial score (nSPS) is 37.3. The first-order valence-corrected chi connectivity index (χ1v) is 10.0. The third-order valence-corrected chi connectivity index (χ3v) is 7.19. The van der Waals surface area contributed by atoms with Crippen molar-refractivity contribution in [2.45, 2.75) is 44.6 Å². The summed E-state index contributed by atoms with van der Waals surface area (Å²) in [5.74, 6) is 2.14. The summed E-state index contributed by atoms with van der Waals surface area (Å²) in [6.07, 6.45) is 14.1. The number of carbonyl (C=O) groups is 1. The lowest BCUT2D eigenvalue weighted by Gasteiger charge is -2.44. The topological polar surface area (TPSA) is 65.2 Å². The lowest BCUT2D eigenvalue weighted by atomic mass is 9.65. The van der Waals surface area contributed by atoms with Crippen molar-refractivity contribution in [2.24, 2.45) is 23.0 Å². The summed E-state index contributed by atoms with van der Waals surface area (Å²) in [4.78, 5) is 16.9. The Balaban J connectivity index is 1.50. The van der Waals surface area contributed by atoms with E-state index in [1.165, 1.54) is 5.56 Å². The molecule has 0 bridgehead atoms. The van der Waals surface area contributed by atoms with Crippen LogP contribution in [-0.2, 0) is 9.53 Å². The third kappa shape index (κ3) is 2.53. The molecule has 4 aliphatic rings. The molecule has 0 aromatic carbocycles. The predicted octanol–water partition coefficient (Wildman–Crippen LogP) is 3.67. The maximum Gasteiger partial charge on any atom is 0.166 e. The average molecular weight is 362 g/mol. The van der Waals surface area contributed by atoms with Crippen LogP contribution in [0.15, 0.2) is 59.7 Å². The molecule has 5 rings (SSSR count). The van der Waals surface area contributed by atoms with Crippen LogP contribution in [-0.4, -0.2) is 23.4 Å². The molecule has 0 saturated heterocycles. The monoisotopic (exact) mass is 362 g/mol. The van der Waals surface area contributed by atoms with Crippen LogP contribution in [0.4, 0.5) is 0 Å². The van der Waals surface area contributed by atoms with Crippen molar-refractivity contribution in [1.82, 2.24) is 4.98 Å². The van der Waals surface area contributed by atoms with E-state index in [1.807, 2.05) is 18.5 Å². The van der Waals surface area contributed by atoms with Gasteiger partial charge in [0.2, 0.25) is 0 Å². The summed E-state index contributed by atoms with van der Waals surface area (Å²) in [6, 6.07) is 4.22. The molecule has 5 atom stereocenters. The molecule has 2 N–H and O–H groups in total. The van der Waals surface area contributed by atoms with Crippen LogP contribution in [0.5, 0.6) is 0 Å². The molecule has 0 spiro atoms. The summed E-state index contributed by atoms with van der Waals surface area (Å²) in [6.45, 7) is 2.90. The summed E-state index contributed by atoms with van der Waals surface area (Å²) in [5, 5.41) is 0. The van der Waals surface area contributed by atoms with Crippen molar-refractivity contribution in [3.8, 4) is 0 Å². The second-order valence-electron chi connectivity index (χ2n) is 8.67. The van der Waals surface area contributed by atoms with Crippen molar-refractivity contribution in [3.63, 3.8) is 0 Å². The molecule has 4 heteroatoms. The van der Waals surface area contributed by atoms with E-state index in [0.29, 0.717) is 24.8 Å². The Morgan fingerprint density at radius 2 is 2.22 bits per heavy atom. The molecule has 1 unspecified atom stereocenters. The number of carbonyl (C=O) groups excluding carboxylic acids is 1. The maximum atomic E-state index is 12.5. The van der Waals surface area contributed by atoms with Crippen LogP contribution in [0.3, 0.4) is 0 Å². The van der Waals surface area contributed by atoms with Gasteiger partial charge in [0.1, 0.15) is 11.9 Å². The summed E-state index contributed by atoms with van der Waals surface area (Å²) >= 11 is 0. The number of fused-ring (bicyclic) bond motifs is 3. The second kappa shape index (κ2) is 6.16. The van der Waals surface area contributed by atoms with Crippen molar-refractivity contribution in [3.05, 3.63) is 65.2 Å². The minimum absolute atomic E-state index is 0.0461. The number of nitrogens with two attached hydrogens (primary N) is 1. The lowest BCUT2D eigenvalue weighted by molar-refractivity contribution is -0.117. The fourth-order valence-electron chi connectivity index (χ4n) is 5.67. The van der Waals surface area contributed by atoms with Crippen molar-refractivity contribution in [2.75, 3.05) is 6.54 Å². The molecule has 0 amide bonds. The number of ether oxygens (including phenoxy) is 1. The summed E-state index contributed by atoms with van der Waals surface area (Å²) in [5.41, 5.74) is 9.14. The second-order valence-corrected chi connectivity index (χ2v) is 8.67. The molecule has 4 nitrogen and oxygen atoms in total. The van der Waals surface area contributed by atoms with Crippen molar-refractivity contribution < 1.29 is 9.53 Å². The number of ketones is 1. The van der Waals surface area contributed by atoms with E-state index in [-0.39, 0.29) is 23.2 Å². The molecule has 140 valence electrons. The van der Waals surface area contributed by atoms with Crippen LogP contribution in [0.25, 0.3) is 0 Å². The van der Waals surface area contributed by atoms with E-state index in [1.54, 1.807) is 0 Å². The van der Waals surface area contributed by atoms with Crippen LogP contribution in [0, 0.1) is 17.3 Å². The molecular weight excluding hydrogens is 336 g/mol. The first-order valence-electron chi connectivity index (χ1n) is 10.0. The minimum atomic E-state index is 0.0461. The lowest BCUT2D eigenvalue weighted by Crippen LogP contribution is -2.41. The quantitative estimate of drug-likeness (QED) is 0.872. The van der Waals surface area contributed by atoms with Gasteiger partial charge in [0.05, 0.1) is 5.57 Å². The average Bonchev–Trinajstić information content (AvgIpc) is 3.05. The predicted molar refractivity (Wildman–Crippen MR) is 104 cm³/mol. The van der Waals surface area contributed by atoms with Crippen LogP contribution >= 0.6 is 0 Å². The zero-order chi connectivity index (χ0) is 18.6. The molecule has 1 aromatic rings. The Hall–Kier alpha value is -2.20. The number of pyridine rings is 1. The number of Topliss-reactive ketones (excluding diaryl/α,β-unsaturated/α-hetero) is 1. The van der Waals surface area contributed by atoms with E-state index in [2.05, 4.69) is 36.2 Å². The van der Waals surface area contributed by atoms with E-state index in [4.69, 9.17) is 10.5 Å². The summed E-state index contributed by atoms with van der Waals surface area (Å²) < 4.78 is 6.53. The highest BCUT2D eigenvalue weighted by Gasteiger charge is 2.53. The van der Waals surface area contributed by atoms with Crippen molar-refractivity contribution >= 4 is 5.78 Å². The van der Waals surface area contributed by atoms with Gasteiger partial charge in [-0.05, 0) is 59.9 Å². The van der Waals surface area contributed by atoms with Gasteiger partial charge in [0.15, 0.2) is 5.78 Å². The molecule has 1 fully saturated rings. The fourth-order valence-corrected chi connectivity index (χ4v) is 5.67. The van der Waals surface area contributed by atoms with Gasteiger partial charge in [-0.25, -0.2) is 0 Å². The molecular formula is C23H26N2O2. The van der Waals surface area contributed by atoms with Gasteiger partial charge >= 0.3 is 0 Å². The SMILES string of the molecule is C[C@]12C=CC3=CC4=C(CC(CN)CC4=O)O[C@H]3[C@@H]1CC[C@@H]2c1cccnc1. The first-order chi connectivity index (χ1) is 13.1. The van der Waals surface area contributed by atoms with Gasteiger partial charge < -0.3 is 10.5 Å². The smallest absolute Gasteiger partial charge is 0.166 e. The van der Waals surface area contributed by atoms with Gasteiger partial charge in [-0.15, -0.1) is 0 Å². The maximum absolute atomic E-state index is 12.5. The highest BCUT2D eigenvalue weighted by Crippen LogP contribution is 2.59. The highest BCUT2D eigenvalue weighted by atomic mass is 16.5. The summed E-state index contributed by atoms with van der Waals surface area (Å²) in [7, 11) is 0. The van der Waals surface area contributed by atoms with E-state index in [0.717, 1.165) is 36.2 Å². The Labute approximate surface area is 160 Å². The molecule has 3 aliphatic carbocycles. The number of aromatic nitrogens is 1. The Morgan fingerprint density at radius 3 is 3.00 bits per heavy atom. The van der Waals surface area contributed by atoms with Crippen LogP contribution in [0.2, 0.25) is 0 Å². The number of nitrogens with zero attached hydrogens (tertiary/aromatic N) is 1. The van der Waals surface area contributed by atoms with E-state index in [9.17, 15) is 4.79 Å². The number of hydrogen-bond acceptors (Lipinski definition) is 4. The fraction of sp³-hybridized carbons (Fsp3) is 0.478. The van der Waals surface area contributed by atoms with E-state index >= 15 is 0 Å². The van der Waals surface area contributed by atoms with E-state index < -0.39 is 0 Å². The third-order valence-electron chi connectivity index (χ3n) is 7.19. The van der Waals surface area contributed by atoms with Gasteiger partial charge in [0.25, 0.3) is 0 Å². The molecule has 2 heterocycles. The molecule has 1 aliphatic heterocycles. The molecule has 27 heavy (non-hydrogen) atoms. The Kier molecular flexibility index (Phi) is 3.87. The number of rotatable bonds is 2. The Bertz CT molecular complexity index is 870. The van der Waals surface area contributed by atoms with Crippen molar-refractivity contribution in [1.29, 1.82) is 0 Å². The zero-order valence-corrected chi connectivity index (χ0v) is 15.7. The molecule has 1 aromatic heterocycles. The van der Waals surface area contributed by atoms with Crippen LogP contribution in [0.1, 0.15) is 44.1 Å². The number of hydrogen-bond donors (Lipinski definition) is 1. The zero-order valence-electron chi connectivity index (χ0n) is 15.7. The van der Waals surface area contributed by atoms with Gasteiger partial charge in [-0.2, -0.15) is 0 Å². The first kappa shape index (κ1) is 16.9. The Morgan fingerprint density at radius 1 is 1.33 bits per heavy atom. The van der Waals surface area contributed by atoms with Gasteiger partial charge in [-0.3, -0.25) is 9.78 Å². The number of allylic oxidation sites excluding steroid dienone is 4. The van der Waals surface area contributed by atoms with Gasteiger partial charge in [-0.1, -0.05) is 25.1 Å². The van der Waals surface area contributed by atoms with Gasteiger partial charge in [0, 0.05) is 31.2 Å². The molecule has 0 radical (unpaired) electrons.